The van der Waals surface area contributed by atoms with E-state index in [1.54, 1.807) is 6.92 Å². The van der Waals surface area contributed by atoms with Gasteiger partial charge in [0.1, 0.15) is 5.78 Å². The van der Waals surface area contributed by atoms with E-state index in [0.29, 0.717) is 6.42 Å². The molecular weight excluding hydrogens is 224 g/mol. The van der Waals surface area contributed by atoms with E-state index >= 15 is 0 Å². The SMILES string of the molecule is CC.CC(=O)CC1C(=O)c2ccccc2C1(C)C. The number of hydrogen-bond acceptors (Lipinski definition) is 2. The van der Waals surface area contributed by atoms with Crippen LogP contribution in [0.1, 0.15) is 57.0 Å². The summed E-state index contributed by atoms with van der Waals surface area (Å²) in [5.74, 6) is 0.0115. The van der Waals surface area contributed by atoms with Gasteiger partial charge in [-0.1, -0.05) is 52.0 Å². The van der Waals surface area contributed by atoms with Gasteiger partial charge in [0.2, 0.25) is 0 Å². The third kappa shape index (κ3) is 2.38. The minimum Gasteiger partial charge on any atom is -0.300 e. The van der Waals surface area contributed by atoms with Gasteiger partial charge in [-0.25, -0.2) is 0 Å². The first-order valence-electron chi connectivity index (χ1n) is 6.57. The molecule has 98 valence electrons. The Labute approximate surface area is 109 Å². The van der Waals surface area contributed by atoms with Gasteiger partial charge in [-0.15, -0.1) is 0 Å². The zero-order chi connectivity index (χ0) is 13.9. The molecule has 0 saturated carbocycles. The van der Waals surface area contributed by atoms with Gasteiger partial charge in [0, 0.05) is 23.3 Å². The first-order valence-corrected chi connectivity index (χ1v) is 6.57. The van der Waals surface area contributed by atoms with Crippen molar-refractivity contribution in [1.82, 2.24) is 0 Å². The third-order valence-electron chi connectivity index (χ3n) is 3.57. The molecule has 0 aromatic heterocycles. The number of carbonyl (C=O) groups is 2. The van der Waals surface area contributed by atoms with Crippen molar-refractivity contribution in [1.29, 1.82) is 0 Å². The highest BCUT2D eigenvalue weighted by atomic mass is 16.1. The Balaban J connectivity index is 0.000000771. The second-order valence-electron chi connectivity index (χ2n) is 5.09. The van der Waals surface area contributed by atoms with Gasteiger partial charge in [0.05, 0.1) is 0 Å². The molecule has 2 heteroatoms. The lowest BCUT2D eigenvalue weighted by molar-refractivity contribution is -0.118. The fraction of sp³-hybridized carbons (Fsp3) is 0.500. The van der Waals surface area contributed by atoms with Crippen LogP contribution in [0, 0.1) is 5.92 Å². The van der Waals surface area contributed by atoms with E-state index in [4.69, 9.17) is 0 Å². The molecule has 1 aromatic carbocycles. The quantitative estimate of drug-likeness (QED) is 0.795. The van der Waals surface area contributed by atoms with Crippen LogP contribution in [0.2, 0.25) is 0 Å². The van der Waals surface area contributed by atoms with Crippen LogP contribution in [0.5, 0.6) is 0 Å². The molecule has 18 heavy (non-hydrogen) atoms. The summed E-state index contributed by atoms with van der Waals surface area (Å²) in [5.41, 5.74) is 1.64. The largest absolute Gasteiger partial charge is 0.300 e. The monoisotopic (exact) mass is 246 g/mol. The number of ketones is 2. The topological polar surface area (TPSA) is 34.1 Å². The van der Waals surface area contributed by atoms with Crippen molar-refractivity contribution in [2.75, 3.05) is 0 Å². The third-order valence-corrected chi connectivity index (χ3v) is 3.57. The summed E-state index contributed by atoms with van der Waals surface area (Å²) in [6, 6.07) is 7.68. The molecule has 0 radical (unpaired) electrons. The highest BCUT2D eigenvalue weighted by Crippen LogP contribution is 2.44. The van der Waals surface area contributed by atoms with Gasteiger partial charge in [0.15, 0.2) is 5.78 Å². The van der Waals surface area contributed by atoms with Gasteiger partial charge in [-0.05, 0) is 12.5 Å². The summed E-state index contributed by atoms with van der Waals surface area (Å²) >= 11 is 0. The number of hydrogen-bond donors (Lipinski definition) is 0. The highest BCUT2D eigenvalue weighted by molar-refractivity contribution is 6.05. The normalized spacial score (nSPS) is 19.8. The first-order chi connectivity index (χ1) is 8.44. The molecule has 0 fully saturated rings. The lowest BCUT2D eigenvalue weighted by Gasteiger charge is -2.26. The van der Waals surface area contributed by atoms with Gasteiger partial charge < -0.3 is 4.79 Å². The summed E-state index contributed by atoms with van der Waals surface area (Å²) < 4.78 is 0. The first kappa shape index (κ1) is 14.6. The molecule has 1 aliphatic rings. The minimum atomic E-state index is -0.223. The van der Waals surface area contributed by atoms with Crippen LogP contribution in [-0.4, -0.2) is 11.6 Å². The molecule has 1 aliphatic carbocycles. The molecule has 0 saturated heterocycles. The van der Waals surface area contributed by atoms with Crippen LogP contribution < -0.4 is 0 Å². The molecule has 0 heterocycles. The molecule has 0 bridgehead atoms. The molecule has 1 unspecified atom stereocenters. The lowest BCUT2D eigenvalue weighted by atomic mass is 9.76. The lowest BCUT2D eigenvalue weighted by Crippen LogP contribution is -2.28. The number of benzene rings is 1. The standard InChI is InChI=1S/C14H16O2.C2H6/c1-9(15)8-12-13(16)10-6-4-5-7-11(10)14(12,2)3;1-2/h4-7,12H,8H2,1-3H3;1-2H3. The van der Waals surface area contributed by atoms with Crippen LogP contribution in [0.3, 0.4) is 0 Å². The van der Waals surface area contributed by atoms with E-state index in [0.717, 1.165) is 11.1 Å². The molecule has 2 rings (SSSR count). The van der Waals surface area contributed by atoms with Crippen molar-refractivity contribution >= 4 is 11.6 Å². The molecule has 1 atom stereocenters. The van der Waals surface area contributed by atoms with Gasteiger partial charge in [-0.3, -0.25) is 4.79 Å². The fourth-order valence-corrected chi connectivity index (χ4v) is 2.60. The van der Waals surface area contributed by atoms with Gasteiger partial charge in [-0.2, -0.15) is 0 Å². The Kier molecular flexibility index (Phi) is 4.44. The van der Waals surface area contributed by atoms with E-state index < -0.39 is 0 Å². The Morgan fingerprint density at radius 2 is 1.78 bits per heavy atom. The van der Waals surface area contributed by atoms with Crippen LogP contribution in [-0.2, 0) is 10.2 Å². The van der Waals surface area contributed by atoms with Crippen molar-refractivity contribution < 1.29 is 9.59 Å². The van der Waals surface area contributed by atoms with Crippen molar-refractivity contribution in [2.24, 2.45) is 5.92 Å². The fourth-order valence-electron chi connectivity index (χ4n) is 2.60. The molecule has 0 spiro atoms. The van der Waals surface area contributed by atoms with Gasteiger partial charge >= 0.3 is 0 Å². The summed E-state index contributed by atoms with van der Waals surface area (Å²) in [6.45, 7) is 9.64. The molecule has 0 aliphatic heterocycles. The van der Waals surface area contributed by atoms with Crippen molar-refractivity contribution in [3.63, 3.8) is 0 Å². The smallest absolute Gasteiger partial charge is 0.167 e. The molecular formula is C16H22O2. The van der Waals surface area contributed by atoms with E-state index in [1.165, 1.54) is 0 Å². The van der Waals surface area contributed by atoms with Crippen LogP contribution in [0.25, 0.3) is 0 Å². The number of carbonyl (C=O) groups excluding carboxylic acids is 2. The predicted octanol–water partition coefficient (Wildman–Crippen LogP) is 3.78. The molecule has 1 aromatic rings. The molecule has 2 nitrogen and oxygen atoms in total. The second-order valence-corrected chi connectivity index (χ2v) is 5.09. The Hall–Kier alpha value is -1.44. The zero-order valence-corrected chi connectivity index (χ0v) is 11.9. The summed E-state index contributed by atoms with van der Waals surface area (Å²) in [6.07, 6.45) is 0.348. The number of fused-ring (bicyclic) bond motifs is 1. The zero-order valence-electron chi connectivity index (χ0n) is 11.9. The van der Waals surface area contributed by atoms with Crippen molar-refractivity contribution in [3.8, 4) is 0 Å². The maximum Gasteiger partial charge on any atom is 0.167 e. The summed E-state index contributed by atoms with van der Waals surface area (Å²) in [4.78, 5) is 23.4. The summed E-state index contributed by atoms with van der Waals surface area (Å²) in [5, 5.41) is 0. The van der Waals surface area contributed by atoms with Crippen LogP contribution in [0.15, 0.2) is 24.3 Å². The van der Waals surface area contributed by atoms with E-state index in [9.17, 15) is 9.59 Å². The number of rotatable bonds is 2. The Morgan fingerprint density at radius 3 is 2.28 bits per heavy atom. The Morgan fingerprint density at radius 1 is 1.22 bits per heavy atom. The van der Waals surface area contributed by atoms with Crippen molar-refractivity contribution in [2.45, 2.75) is 46.5 Å². The van der Waals surface area contributed by atoms with Crippen LogP contribution >= 0.6 is 0 Å². The Bertz CT molecular complexity index is 458. The minimum absolute atomic E-state index is 0.0826. The van der Waals surface area contributed by atoms with E-state index in [1.807, 2.05) is 52.0 Å². The molecule has 0 N–H and O–H groups in total. The van der Waals surface area contributed by atoms with E-state index in [2.05, 4.69) is 0 Å². The molecule has 0 amide bonds. The van der Waals surface area contributed by atoms with Gasteiger partial charge in [0.25, 0.3) is 0 Å². The average Bonchev–Trinajstić information content (AvgIpc) is 2.54. The van der Waals surface area contributed by atoms with Crippen LogP contribution in [0.4, 0.5) is 0 Å². The predicted molar refractivity (Wildman–Crippen MR) is 73.9 cm³/mol. The maximum atomic E-state index is 12.2. The highest BCUT2D eigenvalue weighted by Gasteiger charge is 2.45. The maximum absolute atomic E-state index is 12.2. The van der Waals surface area contributed by atoms with E-state index in [-0.39, 0.29) is 22.9 Å². The van der Waals surface area contributed by atoms with Crippen molar-refractivity contribution in [3.05, 3.63) is 35.4 Å². The second kappa shape index (κ2) is 5.47. The summed E-state index contributed by atoms with van der Waals surface area (Å²) in [7, 11) is 0. The number of Topliss-reactive ketones (excluding diaryl/α,β-unsaturated/α-hetero) is 2. The average molecular weight is 246 g/mol.